The normalized spacial score (nSPS) is 14.7. The molecule has 0 unspecified atom stereocenters. The van der Waals surface area contributed by atoms with Crippen LogP contribution in [0.5, 0.6) is 0 Å². The molecule has 1 aromatic heterocycles. The van der Waals surface area contributed by atoms with Crippen molar-refractivity contribution in [3.05, 3.63) is 85.9 Å². The molecule has 0 radical (unpaired) electrons. The van der Waals surface area contributed by atoms with Crippen LogP contribution in [0.1, 0.15) is 10.4 Å². The summed E-state index contributed by atoms with van der Waals surface area (Å²) in [5.41, 5.74) is 1.69. The molecular formula is C22H17BrN2O2S2. The van der Waals surface area contributed by atoms with Crippen molar-refractivity contribution in [1.29, 1.82) is 0 Å². The molecule has 0 saturated carbocycles. The summed E-state index contributed by atoms with van der Waals surface area (Å²) >= 11 is 6.49. The number of halogens is 1. The maximum absolute atomic E-state index is 13.2. The highest BCUT2D eigenvalue weighted by Crippen LogP contribution is 2.42. The Morgan fingerprint density at radius 2 is 1.97 bits per heavy atom. The van der Waals surface area contributed by atoms with Gasteiger partial charge in [-0.3, -0.25) is 14.5 Å². The van der Waals surface area contributed by atoms with E-state index in [1.165, 1.54) is 11.8 Å². The maximum Gasteiger partial charge on any atom is 0.265 e. The van der Waals surface area contributed by atoms with E-state index in [1.807, 2.05) is 72.1 Å². The standard InChI is InChI=1S/C22H17BrN2O2S2/c23-16-6-3-5-15(11-16)12-20-22(27)25(18-8-1-2-9-19(18)29-20)14-21(26)24-13-17-7-4-10-28-17/h1-12H,13-14H2,(H,24,26)/b20-12+. The third-order valence-corrected chi connectivity index (χ3v) is 6.77. The Labute approximate surface area is 185 Å². The Morgan fingerprint density at radius 1 is 1.10 bits per heavy atom. The van der Waals surface area contributed by atoms with Crippen LogP contribution in [0.4, 0.5) is 5.69 Å². The van der Waals surface area contributed by atoms with Gasteiger partial charge in [0, 0.05) is 14.2 Å². The highest BCUT2D eigenvalue weighted by molar-refractivity contribution is 9.10. The summed E-state index contributed by atoms with van der Waals surface area (Å²) in [6.45, 7) is 0.452. The second-order valence-corrected chi connectivity index (χ2v) is 9.41. The lowest BCUT2D eigenvalue weighted by Crippen LogP contribution is -2.42. The first kappa shape index (κ1) is 19.9. The fraction of sp³-hybridized carbons (Fsp3) is 0.0909. The lowest BCUT2D eigenvalue weighted by Gasteiger charge is -2.29. The Hall–Kier alpha value is -2.35. The Bertz CT molecular complexity index is 1080. The molecule has 7 heteroatoms. The van der Waals surface area contributed by atoms with Crippen molar-refractivity contribution in [3.63, 3.8) is 0 Å². The number of hydrogen-bond acceptors (Lipinski definition) is 4. The van der Waals surface area contributed by atoms with E-state index >= 15 is 0 Å². The van der Waals surface area contributed by atoms with Gasteiger partial charge in [-0.25, -0.2) is 0 Å². The first-order valence-corrected chi connectivity index (χ1v) is 11.4. The molecule has 1 aliphatic rings. The van der Waals surface area contributed by atoms with Gasteiger partial charge in [0.15, 0.2) is 0 Å². The predicted molar refractivity (Wildman–Crippen MR) is 123 cm³/mol. The summed E-state index contributed by atoms with van der Waals surface area (Å²) in [6, 6.07) is 19.4. The van der Waals surface area contributed by atoms with E-state index in [-0.39, 0.29) is 18.4 Å². The summed E-state index contributed by atoms with van der Waals surface area (Å²) in [6.07, 6.45) is 1.87. The van der Waals surface area contributed by atoms with Crippen LogP contribution in [-0.4, -0.2) is 18.4 Å². The van der Waals surface area contributed by atoms with E-state index < -0.39 is 0 Å². The number of hydrogen-bond donors (Lipinski definition) is 1. The molecule has 0 fully saturated rings. The molecule has 0 aliphatic carbocycles. The van der Waals surface area contributed by atoms with Crippen LogP contribution < -0.4 is 10.2 Å². The van der Waals surface area contributed by atoms with Crippen molar-refractivity contribution in [2.75, 3.05) is 11.4 Å². The number of amides is 2. The summed E-state index contributed by atoms with van der Waals surface area (Å²) in [4.78, 5) is 29.9. The number of carbonyl (C=O) groups is 2. The van der Waals surface area contributed by atoms with Gasteiger partial charge in [-0.1, -0.05) is 58.0 Å². The van der Waals surface area contributed by atoms with Gasteiger partial charge < -0.3 is 5.32 Å². The largest absolute Gasteiger partial charge is 0.350 e. The molecular weight excluding hydrogens is 468 g/mol. The Kier molecular flexibility index (Phi) is 6.18. The molecule has 0 atom stereocenters. The first-order valence-electron chi connectivity index (χ1n) is 8.95. The van der Waals surface area contributed by atoms with Gasteiger partial charge in [0.25, 0.3) is 5.91 Å². The topological polar surface area (TPSA) is 49.4 Å². The molecule has 146 valence electrons. The SMILES string of the molecule is O=C(CN1C(=O)/C(=C\c2cccc(Br)c2)Sc2ccccc21)NCc1cccs1. The van der Waals surface area contributed by atoms with Gasteiger partial charge in [-0.15, -0.1) is 11.3 Å². The Morgan fingerprint density at radius 3 is 2.76 bits per heavy atom. The molecule has 3 aromatic rings. The number of carbonyl (C=O) groups excluding carboxylic acids is 2. The number of rotatable bonds is 5. The summed E-state index contributed by atoms with van der Waals surface area (Å²) in [5.74, 6) is -0.352. The van der Waals surface area contributed by atoms with Gasteiger partial charge in [-0.05, 0) is 47.4 Å². The zero-order valence-electron chi connectivity index (χ0n) is 15.3. The van der Waals surface area contributed by atoms with Crippen molar-refractivity contribution >= 4 is 62.6 Å². The maximum atomic E-state index is 13.2. The van der Waals surface area contributed by atoms with E-state index in [0.29, 0.717) is 11.4 Å². The zero-order valence-corrected chi connectivity index (χ0v) is 18.5. The predicted octanol–water partition coefficient (Wildman–Crippen LogP) is 5.31. The lowest BCUT2D eigenvalue weighted by molar-refractivity contribution is -0.122. The number of para-hydroxylation sites is 1. The van der Waals surface area contributed by atoms with Crippen LogP contribution in [0.25, 0.3) is 6.08 Å². The molecule has 4 rings (SSSR count). The molecule has 0 bridgehead atoms. The van der Waals surface area contributed by atoms with Crippen molar-refractivity contribution < 1.29 is 9.59 Å². The van der Waals surface area contributed by atoms with E-state index in [2.05, 4.69) is 21.2 Å². The molecule has 2 amide bonds. The minimum atomic E-state index is -0.185. The number of anilines is 1. The summed E-state index contributed by atoms with van der Waals surface area (Å²) in [7, 11) is 0. The van der Waals surface area contributed by atoms with Crippen molar-refractivity contribution in [2.24, 2.45) is 0 Å². The first-order chi connectivity index (χ1) is 14.1. The minimum Gasteiger partial charge on any atom is -0.350 e. The fourth-order valence-corrected chi connectivity index (χ4v) is 5.09. The average Bonchev–Trinajstić information content (AvgIpc) is 3.23. The average molecular weight is 485 g/mol. The molecule has 0 saturated heterocycles. The van der Waals surface area contributed by atoms with Gasteiger partial charge in [0.2, 0.25) is 5.91 Å². The fourth-order valence-electron chi connectivity index (χ4n) is 2.97. The molecule has 2 heterocycles. The molecule has 1 N–H and O–H groups in total. The van der Waals surface area contributed by atoms with Crippen molar-refractivity contribution in [2.45, 2.75) is 11.4 Å². The zero-order chi connectivity index (χ0) is 20.2. The molecule has 0 spiro atoms. The van der Waals surface area contributed by atoms with Crippen LogP contribution in [0, 0.1) is 0 Å². The van der Waals surface area contributed by atoms with Crippen LogP contribution in [0.2, 0.25) is 0 Å². The van der Waals surface area contributed by atoms with Crippen LogP contribution >= 0.6 is 39.0 Å². The number of fused-ring (bicyclic) bond motifs is 1. The van der Waals surface area contributed by atoms with Crippen molar-refractivity contribution in [1.82, 2.24) is 5.32 Å². The number of thioether (sulfide) groups is 1. The lowest BCUT2D eigenvalue weighted by atomic mass is 10.2. The summed E-state index contributed by atoms with van der Waals surface area (Å²) in [5, 5.41) is 4.88. The van der Waals surface area contributed by atoms with Gasteiger partial charge in [-0.2, -0.15) is 0 Å². The van der Waals surface area contributed by atoms with Gasteiger partial charge in [0.1, 0.15) is 6.54 Å². The summed E-state index contributed by atoms with van der Waals surface area (Å²) < 4.78 is 0.949. The number of nitrogens with zero attached hydrogens (tertiary/aromatic N) is 1. The molecule has 4 nitrogen and oxygen atoms in total. The molecule has 1 aliphatic heterocycles. The molecule has 2 aromatic carbocycles. The minimum absolute atomic E-state index is 0.0163. The van der Waals surface area contributed by atoms with Crippen LogP contribution in [0.15, 0.2) is 80.3 Å². The van der Waals surface area contributed by atoms with Gasteiger partial charge in [0.05, 0.1) is 17.1 Å². The number of benzene rings is 2. The second-order valence-electron chi connectivity index (χ2n) is 6.38. The number of nitrogens with one attached hydrogen (secondary N) is 1. The van der Waals surface area contributed by atoms with Gasteiger partial charge >= 0.3 is 0 Å². The third kappa shape index (κ3) is 4.80. The smallest absolute Gasteiger partial charge is 0.265 e. The van der Waals surface area contributed by atoms with E-state index in [9.17, 15) is 9.59 Å². The van der Waals surface area contributed by atoms with E-state index in [4.69, 9.17) is 0 Å². The van der Waals surface area contributed by atoms with Crippen LogP contribution in [-0.2, 0) is 16.1 Å². The highest BCUT2D eigenvalue weighted by Gasteiger charge is 2.30. The van der Waals surface area contributed by atoms with E-state index in [1.54, 1.807) is 16.2 Å². The quantitative estimate of drug-likeness (QED) is 0.499. The third-order valence-electron chi connectivity index (χ3n) is 4.32. The van der Waals surface area contributed by atoms with Crippen LogP contribution in [0.3, 0.4) is 0 Å². The number of thiophene rings is 1. The second kappa shape index (κ2) is 8.98. The van der Waals surface area contributed by atoms with Crippen molar-refractivity contribution in [3.8, 4) is 0 Å². The van der Waals surface area contributed by atoms with E-state index in [0.717, 1.165) is 25.5 Å². The molecule has 29 heavy (non-hydrogen) atoms. The monoisotopic (exact) mass is 484 g/mol. The Balaban J connectivity index is 1.58. The highest BCUT2D eigenvalue weighted by atomic mass is 79.9.